The van der Waals surface area contributed by atoms with E-state index >= 15 is 0 Å². The van der Waals surface area contributed by atoms with Crippen LogP contribution < -0.4 is 6.15 Å². The molecule has 0 spiro atoms. The summed E-state index contributed by atoms with van der Waals surface area (Å²) in [5, 5.41) is 19.6. The van der Waals surface area contributed by atoms with Crippen molar-refractivity contribution in [3.8, 4) is 0 Å². The lowest BCUT2D eigenvalue weighted by atomic mass is 9.72. The first-order chi connectivity index (χ1) is 12.0. The monoisotopic (exact) mass is 411 g/mol. The molecule has 0 rings (SSSR count). The summed E-state index contributed by atoms with van der Waals surface area (Å²) < 4.78 is 31.7. The van der Waals surface area contributed by atoms with E-state index < -0.39 is 44.6 Å². The zero-order chi connectivity index (χ0) is 20.5. The standard InChI is InChI=1S/C18H34O7S.H3N/c1-5-7-9-11-13(3)15(16(19)20)18(17(21)22,26(23,24)25)14(4)12-10-8-6-2;/h13-15H,5-12H2,1-4H3,(H,19,20)(H,21,22)(H,23,24,25);1H3. The molecule has 0 fully saturated rings. The Hall–Kier alpha value is -1.19. The molecule has 6 N–H and O–H groups in total. The van der Waals surface area contributed by atoms with Crippen molar-refractivity contribution in [3.05, 3.63) is 0 Å². The number of rotatable bonds is 14. The molecule has 27 heavy (non-hydrogen) atoms. The molecule has 9 heteroatoms. The number of unbranched alkanes of at least 4 members (excludes halogenated alkanes) is 4. The first-order valence-electron chi connectivity index (χ1n) is 9.41. The lowest BCUT2D eigenvalue weighted by molar-refractivity contribution is -0.156. The minimum Gasteiger partial charge on any atom is -0.481 e. The molecule has 0 saturated heterocycles. The van der Waals surface area contributed by atoms with Gasteiger partial charge in [-0.05, 0) is 24.7 Å². The van der Waals surface area contributed by atoms with Gasteiger partial charge in [-0.15, -0.1) is 0 Å². The second-order valence-electron chi connectivity index (χ2n) is 7.26. The molecule has 4 atom stereocenters. The van der Waals surface area contributed by atoms with Crippen molar-refractivity contribution < 1.29 is 32.8 Å². The van der Waals surface area contributed by atoms with Gasteiger partial charge in [0.2, 0.25) is 4.75 Å². The third-order valence-corrected chi connectivity index (χ3v) is 6.98. The van der Waals surface area contributed by atoms with Crippen molar-refractivity contribution in [2.75, 3.05) is 0 Å². The highest BCUT2D eigenvalue weighted by Crippen LogP contribution is 2.42. The molecule has 0 amide bonds. The van der Waals surface area contributed by atoms with Crippen LogP contribution in [0.1, 0.15) is 79.1 Å². The molecule has 162 valence electrons. The van der Waals surface area contributed by atoms with Crippen LogP contribution in [0, 0.1) is 17.8 Å². The van der Waals surface area contributed by atoms with Crippen molar-refractivity contribution in [2.24, 2.45) is 17.8 Å². The fourth-order valence-electron chi connectivity index (χ4n) is 3.82. The van der Waals surface area contributed by atoms with Crippen molar-refractivity contribution >= 4 is 22.1 Å². The number of carboxylic acids is 2. The van der Waals surface area contributed by atoms with Gasteiger partial charge in [-0.2, -0.15) is 8.42 Å². The van der Waals surface area contributed by atoms with Crippen LogP contribution >= 0.6 is 0 Å². The van der Waals surface area contributed by atoms with Gasteiger partial charge in [0, 0.05) is 0 Å². The fourth-order valence-corrected chi connectivity index (χ4v) is 5.32. The highest BCUT2D eigenvalue weighted by atomic mass is 32.2. The fraction of sp³-hybridized carbons (Fsp3) is 0.889. The second-order valence-corrected chi connectivity index (χ2v) is 8.88. The number of carbonyl (C=O) groups is 2. The normalized spacial score (nSPS) is 17.2. The molecule has 0 aromatic rings. The zero-order valence-corrected chi connectivity index (χ0v) is 17.8. The van der Waals surface area contributed by atoms with Gasteiger partial charge < -0.3 is 16.4 Å². The second kappa shape index (κ2) is 12.3. The Morgan fingerprint density at radius 2 is 1.37 bits per heavy atom. The first-order valence-corrected chi connectivity index (χ1v) is 10.9. The molecule has 0 aromatic carbocycles. The lowest BCUT2D eigenvalue weighted by Crippen LogP contribution is -2.61. The SMILES string of the molecule is CCCCCC(C)C(C(=O)O)C(C(=O)O)(C(C)CCCCC)S(=O)(=O)O.N. The minimum absolute atomic E-state index is 0. The average molecular weight is 412 g/mol. The van der Waals surface area contributed by atoms with Crippen LogP contribution in [0.4, 0.5) is 0 Å². The van der Waals surface area contributed by atoms with E-state index in [1.807, 2.05) is 13.8 Å². The number of hydrogen-bond donors (Lipinski definition) is 4. The summed E-state index contributed by atoms with van der Waals surface area (Å²) in [5.41, 5.74) is 0. The minimum atomic E-state index is -5.16. The molecular formula is C18H37NO7S. The topological polar surface area (TPSA) is 164 Å². The van der Waals surface area contributed by atoms with Crippen LogP contribution in [0.3, 0.4) is 0 Å². The van der Waals surface area contributed by atoms with Crippen LogP contribution in [-0.4, -0.2) is 39.9 Å². The predicted octanol–water partition coefficient (Wildman–Crippen LogP) is 3.99. The highest BCUT2D eigenvalue weighted by molar-refractivity contribution is 7.88. The molecule has 0 aliphatic carbocycles. The van der Waals surface area contributed by atoms with E-state index in [0.29, 0.717) is 19.3 Å². The lowest BCUT2D eigenvalue weighted by Gasteiger charge is -2.39. The molecule has 0 aromatic heterocycles. The van der Waals surface area contributed by atoms with E-state index in [1.165, 1.54) is 6.92 Å². The maximum atomic E-state index is 12.3. The zero-order valence-electron chi connectivity index (χ0n) is 17.0. The molecule has 0 aliphatic rings. The van der Waals surface area contributed by atoms with Crippen LogP contribution in [-0.2, 0) is 19.7 Å². The van der Waals surface area contributed by atoms with E-state index in [1.54, 1.807) is 6.92 Å². The van der Waals surface area contributed by atoms with Gasteiger partial charge in [0.1, 0.15) is 0 Å². The van der Waals surface area contributed by atoms with E-state index in [2.05, 4.69) is 0 Å². The number of hydrogen-bond acceptors (Lipinski definition) is 5. The van der Waals surface area contributed by atoms with E-state index in [4.69, 9.17) is 0 Å². The first kappa shape index (κ1) is 28.0. The van der Waals surface area contributed by atoms with Crippen molar-refractivity contribution in [3.63, 3.8) is 0 Å². The summed E-state index contributed by atoms with van der Waals surface area (Å²) in [6.45, 7) is 6.89. The Labute approximate surface area is 163 Å². The maximum Gasteiger partial charge on any atom is 0.328 e. The summed E-state index contributed by atoms with van der Waals surface area (Å²) in [5.74, 6) is -6.75. The van der Waals surface area contributed by atoms with Gasteiger partial charge in [0.15, 0.2) is 0 Å². The number of aliphatic carboxylic acids is 2. The smallest absolute Gasteiger partial charge is 0.328 e. The third kappa shape index (κ3) is 6.73. The Kier molecular flexibility index (Phi) is 12.8. The van der Waals surface area contributed by atoms with Gasteiger partial charge in [-0.1, -0.05) is 66.2 Å². The van der Waals surface area contributed by atoms with Gasteiger partial charge in [0.05, 0.1) is 5.92 Å². The maximum absolute atomic E-state index is 12.3. The molecule has 0 heterocycles. The summed E-state index contributed by atoms with van der Waals surface area (Å²) in [7, 11) is -5.16. The van der Waals surface area contributed by atoms with Gasteiger partial charge >= 0.3 is 11.9 Å². The van der Waals surface area contributed by atoms with Crippen molar-refractivity contribution in [2.45, 2.75) is 83.8 Å². The molecule has 0 saturated carbocycles. The van der Waals surface area contributed by atoms with Gasteiger partial charge in [-0.3, -0.25) is 14.1 Å². The highest BCUT2D eigenvalue weighted by Gasteiger charge is 2.63. The Morgan fingerprint density at radius 1 is 0.926 bits per heavy atom. The van der Waals surface area contributed by atoms with Crippen LogP contribution in [0.25, 0.3) is 0 Å². The molecule has 0 radical (unpaired) electrons. The summed E-state index contributed by atoms with van der Waals surface area (Å²) in [6.07, 6.45) is 5.21. The van der Waals surface area contributed by atoms with Crippen molar-refractivity contribution in [1.29, 1.82) is 0 Å². The largest absolute Gasteiger partial charge is 0.481 e. The van der Waals surface area contributed by atoms with Crippen molar-refractivity contribution in [1.82, 2.24) is 6.15 Å². The molecule has 0 bridgehead atoms. The summed E-state index contributed by atoms with van der Waals surface area (Å²) in [6, 6.07) is 0. The van der Waals surface area contributed by atoms with Gasteiger partial charge in [-0.25, -0.2) is 0 Å². The van der Waals surface area contributed by atoms with Crippen LogP contribution in [0.15, 0.2) is 0 Å². The average Bonchev–Trinajstić information content (AvgIpc) is 2.50. The molecule has 8 nitrogen and oxygen atoms in total. The number of carboxylic acid groups (broad SMARTS) is 2. The van der Waals surface area contributed by atoms with Crippen LogP contribution in [0.5, 0.6) is 0 Å². The van der Waals surface area contributed by atoms with Gasteiger partial charge in [0.25, 0.3) is 10.1 Å². The Morgan fingerprint density at radius 3 is 1.70 bits per heavy atom. The van der Waals surface area contributed by atoms with E-state index in [9.17, 15) is 32.8 Å². The summed E-state index contributed by atoms with van der Waals surface area (Å²) in [4.78, 5) is 24.1. The van der Waals surface area contributed by atoms with E-state index in [0.717, 1.165) is 25.7 Å². The van der Waals surface area contributed by atoms with E-state index in [-0.39, 0.29) is 12.6 Å². The predicted molar refractivity (Wildman–Crippen MR) is 105 cm³/mol. The quantitative estimate of drug-likeness (QED) is 0.246. The molecular weight excluding hydrogens is 374 g/mol. The Bertz CT molecular complexity index is 564. The summed E-state index contributed by atoms with van der Waals surface area (Å²) >= 11 is 0. The third-order valence-electron chi connectivity index (χ3n) is 5.29. The molecule has 0 aliphatic heterocycles. The molecule has 4 unspecified atom stereocenters. The Balaban J connectivity index is 0. The van der Waals surface area contributed by atoms with Crippen LogP contribution in [0.2, 0.25) is 0 Å².